The summed E-state index contributed by atoms with van der Waals surface area (Å²) in [7, 11) is 0. The Kier molecular flexibility index (Phi) is 6.89. The highest BCUT2D eigenvalue weighted by molar-refractivity contribution is 5.90. The number of nitrogens with one attached hydrogen (secondary N) is 2. The van der Waals surface area contributed by atoms with Gasteiger partial charge in [-0.3, -0.25) is 14.4 Å². The van der Waals surface area contributed by atoms with Gasteiger partial charge in [0.05, 0.1) is 0 Å². The molecule has 9 nitrogen and oxygen atoms in total. The molecule has 0 radical (unpaired) electrons. The summed E-state index contributed by atoms with van der Waals surface area (Å²) >= 11 is 0. The number of benzene rings is 2. The van der Waals surface area contributed by atoms with Crippen LogP contribution in [0, 0.1) is 6.92 Å². The van der Waals surface area contributed by atoms with E-state index < -0.39 is 35.6 Å². The van der Waals surface area contributed by atoms with Crippen molar-refractivity contribution in [1.29, 1.82) is 0 Å². The van der Waals surface area contributed by atoms with Crippen molar-refractivity contribution in [2.24, 2.45) is 11.5 Å². The van der Waals surface area contributed by atoms with Gasteiger partial charge in [-0.2, -0.15) is 0 Å². The fourth-order valence-corrected chi connectivity index (χ4v) is 3.39. The predicted molar refractivity (Wildman–Crippen MR) is 119 cm³/mol. The fraction of sp³-hybridized carbons (Fsp3) is 0.217. The highest BCUT2D eigenvalue weighted by Crippen LogP contribution is 2.14. The Balaban J connectivity index is 1.81. The quantitative estimate of drug-likeness (QED) is 0.415. The number of rotatable bonds is 8. The standard InChI is InChI=1S/C23H24N4O5/c1-13-7-8-17-15(9-13)11-16(21(29)26-17)12-18(20(24)28)27-22(30)19(32-23(25)31)10-14-5-3-2-4-6-14/h2-9,11,18-19H,10,12H2,1H3,(H2,24,28)(H2,25,31)(H,26,29)(H,27,30)/t18?,19-/m0/s1. The van der Waals surface area contributed by atoms with Gasteiger partial charge in [0.15, 0.2) is 6.10 Å². The predicted octanol–water partition coefficient (Wildman–Crippen LogP) is 1.06. The minimum atomic E-state index is -1.27. The monoisotopic (exact) mass is 436 g/mol. The van der Waals surface area contributed by atoms with Crippen LogP contribution in [0.2, 0.25) is 0 Å². The third-order valence-electron chi connectivity index (χ3n) is 4.98. The number of amides is 3. The lowest BCUT2D eigenvalue weighted by Gasteiger charge is -2.21. The number of fused-ring (bicyclic) bond motifs is 1. The molecule has 0 aliphatic rings. The molecule has 0 spiro atoms. The number of aryl methyl sites for hydroxylation is 1. The summed E-state index contributed by atoms with van der Waals surface area (Å²) in [6.45, 7) is 1.92. The van der Waals surface area contributed by atoms with E-state index in [1.54, 1.807) is 42.5 Å². The second kappa shape index (κ2) is 9.78. The molecule has 0 fully saturated rings. The molecule has 3 rings (SSSR count). The van der Waals surface area contributed by atoms with E-state index in [1.165, 1.54) is 0 Å². The van der Waals surface area contributed by atoms with E-state index in [4.69, 9.17) is 16.2 Å². The van der Waals surface area contributed by atoms with E-state index >= 15 is 0 Å². The number of hydrogen-bond acceptors (Lipinski definition) is 5. The summed E-state index contributed by atoms with van der Waals surface area (Å²) in [6, 6.07) is 14.9. The lowest BCUT2D eigenvalue weighted by molar-refractivity contribution is -0.133. The molecular formula is C23H24N4O5. The molecule has 0 aliphatic heterocycles. The van der Waals surface area contributed by atoms with Gasteiger partial charge in [-0.25, -0.2) is 4.79 Å². The van der Waals surface area contributed by atoms with Crippen LogP contribution in [0.3, 0.4) is 0 Å². The number of aromatic amines is 1. The maximum absolute atomic E-state index is 12.8. The highest BCUT2D eigenvalue weighted by Gasteiger charge is 2.28. The van der Waals surface area contributed by atoms with E-state index in [0.717, 1.165) is 16.5 Å². The second-order valence-corrected chi connectivity index (χ2v) is 7.50. The van der Waals surface area contributed by atoms with E-state index in [2.05, 4.69) is 10.3 Å². The molecule has 32 heavy (non-hydrogen) atoms. The van der Waals surface area contributed by atoms with Gasteiger partial charge in [0, 0.05) is 23.9 Å². The fourth-order valence-electron chi connectivity index (χ4n) is 3.39. The van der Waals surface area contributed by atoms with Crippen LogP contribution in [-0.2, 0) is 27.2 Å². The van der Waals surface area contributed by atoms with Crippen molar-refractivity contribution < 1.29 is 19.1 Å². The topological polar surface area (TPSA) is 157 Å². The van der Waals surface area contributed by atoms with Crippen LogP contribution in [0.25, 0.3) is 10.9 Å². The zero-order valence-electron chi connectivity index (χ0n) is 17.5. The summed E-state index contributed by atoms with van der Waals surface area (Å²) in [5.41, 5.74) is 12.9. The molecule has 6 N–H and O–H groups in total. The zero-order valence-corrected chi connectivity index (χ0v) is 17.5. The number of ether oxygens (including phenoxy) is 1. The Bertz CT molecular complexity index is 1210. The first-order valence-electron chi connectivity index (χ1n) is 9.95. The first kappa shape index (κ1) is 22.5. The third kappa shape index (κ3) is 5.72. The van der Waals surface area contributed by atoms with Crippen molar-refractivity contribution in [3.63, 3.8) is 0 Å². The Morgan fingerprint density at radius 2 is 1.75 bits per heavy atom. The van der Waals surface area contributed by atoms with Gasteiger partial charge in [-0.1, -0.05) is 42.0 Å². The summed E-state index contributed by atoms with van der Waals surface area (Å²) in [6.07, 6.45) is -2.47. The molecule has 166 valence electrons. The molecule has 2 atom stereocenters. The van der Waals surface area contributed by atoms with E-state index in [-0.39, 0.29) is 18.4 Å². The van der Waals surface area contributed by atoms with Gasteiger partial charge >= 0.3 is 6.09 Å². The first-order chi connectivity index (χ1) is 15.2. The number of H-pyrrole nitrogens is 1. The van der Waals surface area contributed by atoms with Gasteiger partial charge in [0.2, 0.25) is 5.91 Å². The molecule has 1 aromatic heterocycles. The maximum Gasteiger partial charge on any atom is 0.405 e. The summed E-state index contributed by atoms with van der Waals surface area (Å²) in [4.78, 5) is 51.4. The first-order valence-corrected chi connectivity index (χ1v) is 9.95. The number of carbonyl (C=O) groups is 3. The average Bonchev–Trinajstić information content (AvgIpc) is 2.73. The normalized spacial score (nSPS) is 12.7. The minimum Gasteiger partial charge on any atom is -0.436 e. The lowest BCUT2D eigenvalue weighted by Crippen LogP contribution is -2.51. The van der Waals surface area contributed by atoms with Gasteiger partial charge in [0.1, 0.15) is 6.04 Å². The van der Waals surface area contributed by atoms with Crippen molar-refractivity contribution in [3.8, 4) is 0 Å². The molecule has 0 saturated heterocycles. The van der Waals surface area contributed by atoms with Crippen molar-refractivity contribution in [2.45, 2.75) is 31.9 Å². The molecular weight excluding hydrogens is 412 g/mol. The SMILES string of the molecule is Cc1ccc2[nH]c(=O)c(CC(NC(=O)[C@H](Cc3ccccc3)OC(N)=O)C(N)=O)cc2c1. The van der Waals surface area contributed by atoms with Crippen molar-refractivity contribution in [2.75, 3.05) is 0 Å². The lowest BCUT2D eigenvalue weighted by atomic mass is 10.0. The molecule has 0 saturated carbocycles. The van der Waals surface area contributed by atoms with Crippen LogP contribution < -0.4 is 22.3 Å². The van der Waals surface area contributed by atoms with E-state index in [9.17, 15) is 19.2 Å². The molecule has 1 heterocycles. The Morgan fingerprint density at radius 3 is 2.41 bits per heavy atom. The van der Waals surface area contributed by atoms with E-state index in [0.29, 0.717) is 5.52 Å². The Labute approximate surface area is 183 Å². The molecule has 2 aromatic carbocycles. The average molecular weight is 436 g/mol. The number of hydrogen-bond donors (Lipinski definition) is 4. The van der Waals surface area contributed by atoms with Crippen LogP contribution in [0.5, 0.6) is 0 Å². The van der Waals surface area contributed by atoms with Crippen molar-refractivity contribution in [3.05, 3.63) is 81.6 Å². The van der Waals surface area contributed by atoms with Crippen LogP contribution in [-0.4, -0.2) is 35.0 Å². The van der Waals surface area contributed by atoms with Crippen LogP contribution >= 0.6 is 0 Å². The van der Waals surface area contributed by atoms with Crippen LogP contribution in [0.4, 0.5) is 4.79 Å². The molecule has 3 amide bonds. The zero-order chi connectivity index (χ0) is 23.3. The van der Waals surface area contributed by atoms with Crippen molar-refractivity contribution >= 4 is 28.8 Å². The number of nitrogens with two attached hydrogens (primary N) is 2. The second-order valence-electron chi connectivity index (χ2n) is 7.50. The summed E-state index contributed by atoms with van der Waals surface area (Å²) in [5, 5.41) is 3.26. The number of pyridine rings is 1. The number of carbonyl (C=O) groups excluding carboxylic acids is 3. The Morgan fingerprint density at radius 1 is 1.03 bits per heavy atom. The molecule has 0 bridgehead atoms. The molecule has 0 aliphatic carbocycles. The maximum atomic E-state index is 12.8. The molecule has 3 aromatic rings. The largest absolute Gasteiger partial charge is 0.436 e. The highest BCUT2D eigenvalue weighted by atomic mass is 16.6. The van der Waals surface area contributed by atoms with Crippen LogP contribution in [0.1, 0.15) is 16.7 Å². The third-order valence-corrected chi connectivity index (χ3v) is 4.98. The molecule has 1 unspecified atom stereocenters. The summed E-state index contributed by atoms with van der Waals surface area (Å²) in [5.74, 6) is -1.58. The van der Waals surface area contributed by atoms with Gasteiger partial charge in [-0.05, 0) is 36.1 Å². The van der Waals surface area contributed by atoms with Crippen LogP contribution in [0.15, 0.2) is 59.4 Å². The van der Waals surface area contributed by atoms with Crippen molar-refractivity contribution in [1.82, 2.24) is 10.3 Å². The van der Waals surface area contributed by atoms with Gasteiger partial charge in [0.25, 0.3) is 11.5 Å². The summed E-state index contributed by atoms with van der Waals surface area (Å²) < 4.78 is 4.95. The van der Waals surface area contributed by atoms with Gasteiger partial charge in [-0.15, -0.1) is 0 Å². The number of primary amides is 2. The van der Waals surface area contributed by atoms with E-state index in [1.807, 2.05) is 19.1 Å². The smallest absolute Gasteiger partial charge is 0.405 e. The molecule has 9 heteroatoms. The minimum absolute atomic E-state index is 0.0525. The number of aromatic nitrogens is 1. The van der Waals surface area contributed by atoms with Gasteiger partial charge < -0.3 is 26.5 Å². The Hall–Kier alpha value is -4.14.